The summed E-state index contributed by atoms with van der Waals surface area (Å²) in [5, 5.41) is 18.4. The highest BCUT2D eigenvalue weighted by molar-refractivity contribution is 7.07. The highest BCUT2D eigenvalue weighted by atomic mass is 32.1. The van der Waals surface area contributed by atoms with Gasteiger partial charge in [-0.15, -0.1) is 0 Å². The average Bonchev–Trinajstić information content (AvgIpc) is 2.88. The van der Waals surface area contributed by atoms with Crippen molar-refractivity contribution in [2.24, 2.45) is 0 Å². The third-order valence-corrected chi connectivity index (χ3v) is 3.34. The van der Waals surface area contributed by atoms with E-state index >= 15 is 0 Å². The van der Waals surface area contributed by atoms with Gasteiger partial charge in [-0.3, -0.25) is 10.1 Å². The Morgan fingerprint density at radius 1 is 1.40 bits per heavy atom. The summed E-state index contributed by atoms with van der Waals surface area (Å²) in [6.07, 6.45) is -0.110. The van der Waals surface area contributed by atoms with E-state index in [0.717, 1.165) is 5.56 Å². The van der Waals surface area contributed by atoms with Gasteiger partial charge in [0.25, 0.3) is 0 Å². The summed E-state index contributed by atoms with van der Waals surface area (Å²) in [5.41, 5.74) is 1.55. The van der Waals surface area contributed by atoms with Gasteiger partial charge in [-0.05, 0) is 48.4 Å². The van der Waals surface area contributed by atoms with Gasteiger partial charge in [0.15, 0.2) is 5.75 Å². The minimum atomic E-state index is -0.409. The van der Waals surface area contributed by atoms with E-state index in [9.17, 15) is 10.1 Å². The first-order valence-electron chi connectivity index (χ1n) is 6.27. The molecule has 0 fully saturated rings. The van der Waals surface area contributed by atoms with Gasteiger partial charge < -0.3 is 10.1 Å². The minimum Gasteiger partial charge on any atom is -0.484 e. The number of nitrogens with one attached hydrogen (secondary N) is 1. The van der Waals surface area contributed by atoms with Crippen LogP contribution < -0.4 is 10.1 Å². The van der Waals surface area contributed by atoms with Crippen molar-refractivity contribution in [2.45, 2.75) is 26.5 Å². The van der Waals surface area contributed by atoms with Crippen LogP contribution in [0.4, 0.5) is 11.4 Å². The molecule has 0 atom stereocenters. The van der Waals surface area contributed by atoms with E-state index in [-0.39, 0.29) is 11.8 Å². The third kappa shape index (κ3) is 3.48. The number of ether oxygens (including phenoxy) is 1. The van der Waals surface area contributed by atoms with Crippen molar-refractivity contribution < 1.29 is 9.66 Å². The van der Waals surface area contributed by atoms with E-state index in [4.69, 9.17) is 4.74 Å². The lowest BCUT2D eigenvalue weighted by atomic mass is 10.2. The van der Waals surface area contributed by atoms with Crippen LogP contribution in [-0.4, -0.2) is 11.0 Å². The zero-order valence-electron chi connectivity index (χ0n) is 11.3. The molecular weight excluding hydrogens is 276 g/mol. The maximum Gasteiger partial charge on any atom is 0.333 e. The first-order valence-corrected chi connectivity index (χ1v) is 7.21. The molecule has 0 spiro atoms. The molecule has 20 heavy (non-hydrogen) atoms. The molecule has 0 bridgehead atoms. The van der Waals surface area contributed by atoms with Gasteiger partial charge in [-0.2, -0.15) is 11.3 Å². The summed E-state index contributed by atoms with van der Waals surface area (Å²) in [7, 11) is 0. The first kappa shape index (κ1) is 14.3. The van der Waals surface area contributed by atoms with Gasteiger partial charge in [0.1, 0.15) is 5.69 Å². The van der Waals surface area contributed by atoms with Gasteiger partial charge >= 0.3 is 5.69 Å². The van der Waals surface area contributed by atoms with Crippen molar-refractivity contribution in [3.63, 3.8) is 0 Å². The van der Waals surface area contributed by atoms with Crippen molar-refractivity contribution >= 4 is 22.7 Å². The Labute approximate surface area is 121 Å². The Balaban J connectivity index is 2.24. The van der Waals surface area contributed by atoms with Crippen LogP contribution in [0.3, 0.4) is 0 Å². The monoisotopic (exact) mass is 292 g/mol. The van der Waals surface area contributed by atoms with Gasteiger partial charge in [0.2, 0.25) is 0 Å². The van der Waals surface area contributed by atoms with Crippen molar-refractivity contribution in [1.29, 1.82) is 0 Å². The predicted molar refractivity (Wildman–Crippen MR) is 80.5 cm³/mol. The number of nitrogens with zero attached hydrogens (tertiary/aromatic N) is 1. The second-order valence-electron chi connectivity index (χ2n) is 4.56. The summed E-state index contributed by atoms with van der Waals surface area (Å²) in [5.74, 6) is 0.292. The fourth-order valence-electron chi connectivity index (χ4n) is 1.79. The molecule has 0 amide bonds. The molecule has 0 saturated heterocycles. The molecular formula is C14H16N2O3S. The molecule has 1 heterocycles. The van der Waals surface area contributed by atoms with Crippen LogP contribution in [0, 0.1) is 10.1 Å². The second kappa shape index (κ2) is 6.38. The SMILES string of the molecule is CC(C)Oc1cccc(NCc2ccsc2)c1[N+](=O)[O-]. The zero-order valence-corrected chi connectivity index (χ0v) is 12.1. The van der Waals surface area contributed by atoms with Gasteiger partial charge in [0, 0.05) is 6.54 Å². The highest BCUT2D eigenvalue weighted by Crippen LogP contribution is 2.35. The van der Waals surface area contributed by atoms with E-state index in [1.807, 2.05) is 30.7 Å². The van der Waals surface area contributed by atoms with Crippen LogP contribution in [0.15, 0.2) is 35.0 Å². The molecule has 1 aromatic heterocycles. The van der Waals surface area contributed by atoms with E-state index in [1.54, 1.807) is 29.5 Å². The molecule has 6 heteroatoms. The van der Waals surface area contributed by atoms with Crippen LogP contribution >= 0.6 is 11.3 Å². The molecule has 2 rings (SSSR count). The lowest BCUT2D eigenvalue weighted by molar-refractivity contribution is -0.385. The maximum atomic E-state index is 11.3. The maximum absolute atomic E-state index is 11.3. The van der Waals surface area contributed by atoms with Crippen LogP contribution in [0.1, 0.15) is 19.4 Å². The van der Waals surface area contributed by atoms with E-state index in [1.165, 1.54) is 0 Å². The van der Waals surface area contributed by atoms with Gasteiger partial charge in [-0.1, -0.05) is 6.07 Å². The molecule has 106 valence electrons. The van der Waals surface area contributed by atoms with E-state index in [2.05, 4.69) is 5.32 Å². The highest BCUT2D eigenvalue weighted by Gasteiger charge is 2.21. The minimum absolute atomic E-state index is 0.0172. The molecule has 0 saturated carbocycles. The van der Waals surface area contributed by atoms with Crippen molar-refractivity contribution in [1.82, 2.24) is 0 Å². The number of thiophene rings is 1. The molecule has 0 aliphatic rings. The summed E-state index contributed by atoms with van der Waals surface area (Å²) in [4.78, 5) is 10.9. The number of anilines is 1. The Hall–Kier alpha value is -2.08. The van der Waals surface area contributed by atoms with E-state index in [0.29, 0.717) is 18.0 Å². The average molecular weight is 292 g/mol. The molecule has 0 aliphatic carbocycles. The molecule has 0 aliphatic heterocycles. The number of nitro groups is 1. The summed E-state index contributed by atoms with van der Waals surface area (Å²) >= 11 is 1.60. The van der Waals surface area contributed by atoms with Crippen molar-refractivity contribution in [3.05, 3.63) is 50.7 Å². The Morgan fingerprint density at radius 2 is 2.20 bits per heavy atom. The molecule has 2 aromatic rings. The zero-order chi connectivity index (χ0) is 14.5. The summed E-state index contributed by atoms with van der Waals surface area (Å²) in [6.45, 7) is 4.24. The molecule has 1 N–H and O–H groups in total. The standard InChI is InChI=1S/C14H16N2O3S/c1-10(2)19-13-5-3-4-12(14(13)16(17)18)15-8-11-6-7-20-9-11/h3-7,9-10,15H,8H2,1-2H3. The topological polar surface area (TPSA) is 64.4 Å². The normalized spacial score (nSPS) is 10.6. The molecule has 0 radical (unpaired) electrons. The second-order valence-corrected chi connectivity index (χ2v) is 5.34. The summed E-state index contributed by atoms with van der Waals surface area (Å²) < 4.78 is 5.50. The quantitative estimate of drug-likeness (QED) is 0.644. The third-order valence-electron chi connectivity index (χ3n) is 2.61. The number of hydrogen-bond donors (Lipinski definition) is 1. The number of rotatable bonds is 6. The lowest BCUT2D eigenvalue weighted by Gasteiger charge is -2.13. The van der Waals surface area contributed by atoms with E-state index < -0.39 is 4.92 Å². The van der Waals surface area contributed by atoms with Gasteiger partial charge in [0.05, 0.1) is 11.0 Å². The van der Waals surface area contributed by atoms with Crippen molar-refractivity contribution in [2.75, 3.05) is 5.32 Å². The predicted octanol–water partition coefficient (Wildman–Crippen LogP) is 4.06. The fraction of sp³-hybridized carbons (Fsp3) is 0.286. The Kier molecular flexibility index (Phi) is 4.57. The van der Waals surface area contributed by atoms with Crippen LogP contribution in [0.5, 0.6) is 5.75 Å². The Morgan fingerprint density at radius 3 is 2.80 bits per heavy atom. The fourth-order valence-corrected chi connectivity index (χ4v) is 2.46. The van der Waals surface area contributed by atoms with Crippen LogP contribution in [0.25, 0.3) is 0 Å². The Bertz CT molecular complexity index is 582. The summed E-state index contributed by atoms with van der Waals surface area (Å²) in [6, 6.07) is 7.05. The van der Waals surface area contributed by atoms with Crippen LogP contribution in [-0.2, 0) is 6.54 Å². The number of para-hydroxylation sites is 1. The van der Waals surface area contributed by atoms with Crippen molar-refractivity contribution in [3.8, 4) is 5.75 Å². The van der Waals surface area contributed by atoms with Gasteiger partial charge in [-0.25, -0.2) is 0 Å². The molecule has 0 unspecified atom stereocenters. The largest absolute Gasteiger partial charge is 0.484 e. The number of hydrogen-bond acceptors (Lipinski definition) is 5. The van der Waals surface area contributed by atoms with Crippen LogP contribution in [0.2, 0.25) is 0 Å². The number of nitro benzene ring substituents is 1. The molecule has 1 aromatic carbocycles. The lowest BCUT2D eigenvalue weighted by Crippen LogP contribution is -2.09. The smallest absolute Gasteiger partial charge is 0.333 e. The molecule has 5 nitrogen and oxygen atoms in total. The first-order chi connectivity index (χ1) is 9.58. The number of benzene rings is 1.